The Bertz CT molecular complexity index is 165. The molecule has 1 aliphatic carbocycles. The van der Waals surface area contributed by atoms with Gasteiger partial charge in [0.1, 0.15) is 0 Å². The van der Waals surface area contributed by atoms with Crippen LogP contribution in [0.1, 0.15) is 12.8 Å². The van der Waals surface area contributed by atoms with Gasteiger partial charge < -0.3 is 15.6 Å². The van der Waals surface area contributed by atoms with E-state index < -0.39 is 12.1 Å². The van der Waals surface area contributed by atoms with E-state index in [4.69, 9.17) is 5.73 Å². The molecule has 1 rings (SSSR count). The van der Waals surface area contributed by atoms with Crippen LogP contribution in [0.25, 0.3) is 0 Å². The molecule has 0 spiro atoms. The molecule has 0 bridgehead atoms. The summed E-state index contributed by atoms with van der Waals surface area (Å²) in [4.78, 5) is 10.8. The van der Waals surface area contributed by atoms with Gasteiger partial charge in [0.2, 0.25) is 0 Å². The number of aliphatic hydroxyl groups excluding tert-OH is 1. The molecule has 0 radical (unpaired) electrons. The van der Waals surface area contributed by atoms with Crippen LogP contribution >= 0.6 is 0 Å². The third kappa shape index (κ3) is 1.36. The lowest BCUT2D eigenvalue weighted by atomic mass is 10.00. The van der Waals surface area contributed by atoms with Gasteiger partial charge in [-0.05, 0) is 12.8 Å². The van der Waals surface area contributed by atoms with Crippen LogP contribution < -0.4 is 5.73 Å². The quantitative estimate of drug-likeness (QED) is 0.532. The molecule has 1 aliphatic rings. The molecular formula is C7H13NO3. The number of methoxy groups -OCH3 is 1. The number of carbonyl (C=O) groups excluding carboxylic acids is 1. The van der Waals surface area contributed by atoms with Crippen molar-refractivity contribution in [1.29, 1.82) is 0 Å². The van der Waals surface area contributed by atoms with Crippen molar-refractivity contribution in [2.75, 3.05) is 13.7 Å². The fourth-order valence-corrected chi connectivity index (χ4v) is 1.11. The highest BCUT2D eigenvalue weighted by molar-refractivity contribution is 5.75. The van der Waals surface area contributed by atoms with Crippen molar-refractivity contribution in [2.24, 2.45) is 11.1 Å². The van der Waals surface area contributed by atoms with Gasteiger partial charge in [0.15, 0.2) is 6.10 Å². The Labute approximate surface area is 65.3 Å². The second-order valence-electron chi connectivity index (χ2n) is 2.99. The molecule has 0 aromatic carbocycles. The van der Waals surface area contributed by atoms with E-state index in [9.17, 15) is 9.90 Å². The van der Waals surface area contributed by atoms with Gasteiger partial charge in [-0.2, -0.15) is 0 Å². The third-order valence-electron chi connectivity index (χ3n) is 2.30. The maximum atomic E-state index is 10.8. The lowest BCUT2D eigenvalue weighted by Crippen LogP contribution is -2.36. The van der Waals surface area contributed by atoms with E-state index in [0.717, 1.165) is 12.8 Å². The fourth-order valence-electron chi connectivity index (χ4n) is 1.11. The maximum Gasteiger partial charge on any atom is 0.335 e. The van der Waals surface area contributed by atoms with Gasteiger partial charge in [0, 0.05) is 12.0 Å². The average Bonchev–Trinajstić information content (AvgIpc) is 2.82. The monoisotopic (exact) mass is 159 g/mol. The molecule has 11 heavy (non-hydrogen) atoms. The topological polar surface area (TPSA) is 72.5 Å². The van der Waals surface area contributed by atoms with Crippen molar-refractivity contribution in [2.45, 2.75) is 18.9 Å². The summed E-state index contributed by atoms with van der Waals surface area (Å²) in [7, 11) is 1.26. The van der Waals surface area contributed by atoms with E-state index in [0.29, 0.717) is 6.54 Å². The standard InChI is InChI=1S/C7H13NO3/c1-11-6(10)5(9)7(4-8)2-3-7/h5,9H,2-4,8H2,1H3. The maximum absolute atomic E-state index is 10.8. The molecule has 3 N–H and O–H groups in total. The highest BCUT2D eigenvalue weighted by atomic mass is 16.5. The van der Waals surface area contributed by atoms with Gasteiger partial charge in [-0.1, -0.05) is 0 Å². The van der Waals surface area contributed by atoms with E-state index in [-0.39, 0.29) is 5.41 Å². The summed E-state index contributed by atoms with van der Waals surface area (Å²) in [6.07, 6.45) is 0.608. The second kappa shape index (κ2) is 2.79. The predicted molar refractivity (Wildman–Crippen MR) is 38.7 cm³/mol. The molecule has 0 saturated heterocycles. The summed E-state index contributed by atoms with van der Waals surface area (Å²) in [5, 5.41) is 9.35. The minimum absolute atomic E-state index is 0.350. The van der Waals surface area contributed by atoms with Crippen LogP contribution in [0.5, 0.6) is 0 Å². The highest BCUT2D eigenvalue weighted by Gasteiger charge is 2.51. The van der Waals surface area contributed by atoms with Gasteiger partial charge in [-0.25, -0.2) is 4.79 Å². The van der Waals surface area contributed by atoms with Crippen LogP contribution in [-0.2, 0) is 9.53 Å². The molecule has 0 heterocycles. The normalized spacial score (nSPS) is 22.5. The molecule has 4 nitrogen and oxygen atoms in total. The second-order valence-corrected chi connectivity index (χ2v) is 2.99. The molecular weight excluding hydrogens is 146 g/mol. The number of nitrogens with two attached hydrogens (primary N) is 1. The smallest absolute Gasteiger partial charge is 0.335 e. The van der Waals surface area contributed by atoms with Gasteiger partial charge in [0.25, 0.3) is 0 Å². The first-order valence-electron chi connectivity index (χ1n) is 3.62. The van der Waals surface area contributed by atoms with Crippen LogP contribution in [0.3, 0.4) is 0 Å². The van der Waals surface area contributed by atoms with Crippen molar-refractivity contribution in [3.8, 4) is 0 Å². The van der Waals surface area contributed by atoms with Crippen LogP contribution in [0, 0.1) is 5.41 Å². The van der Waals surface area contributed by atoms with Crippen molar-refractivity contribution in [3.63, 3.8) is 0 Å². The van der Waals surface area contributed by atoms with Crippen LogP contribution in [0.2, 0.25) is 0 Å². The molecule has 1 atom stereocenters. The Hall–Kier alpha value is -0.610. The first-order valence-corrected chi connectivity index (χ1v) is 3.62. The molecule has 0 aliphatic heterocycles. The molecule has 0 amide bonds. The zero-order chi connectivity index (χ0) is 8.48. The van der Waals surface area contributed by atoms with Crippen LogP contribution in [0.4, 0.5) is 0 Å². The molecule has 1 fully saturated rings. The molecule has 64 valence electrons. The molecule has 0 aromatic rings. The molecule has 1 saturated carbocycles. The number of hydrogen-bond acceptors (Lipinski definition) is 4. The minimum Gasteiger partial charge on any atom is -0.467 e. The van der Waals surface area contributed by atoms with Crippen molar-refractivity contribution in [3.05, 3.63) is 0 Å². The van der Waals surface area contributed by atoms with E-state index in [1.54, 1.807) is 0 Å². The summed E-state index contributed by atoms with van der Waals surface area (Å²) in [6.45, 7) is 0.350. The summed E-state index contributed by atoms with van der Waals surface area (Å²) in [5.41, 5.74) is 5.03. The lowest BCUT2D eigenvalue weighted by molar-refractivity contribution is -0.154. The van der Waals surface area contributed by atoms with E-state index in [2.05, 4.69) is 4.74 Å². The average molecular weight is 159 g/mol. The Morgan fingerprint density at radius 3 is 2.64 bits per heavy atom. The number of hydrogen-bond donors (Lipinski definition) is 2. The lowest BCUT2D eigenvalue weighted by Gasteiger charge is -2.17. The van der Waals surface area contributed by atoms with Crippen LogP contribution in [-0.4, -0.2) is 30.8 Å². The van der Waals surface area contributed by atoms with Gasteiger partial charge in [-0.15, -0.1) is 0 Å². The van der Waals surface area contributed by atoms with E-state index in [1.807, 2.05) is 0 Å². The Balaban J connectivity index is 2.53. The van der Waals surface area contributed by atoms with E-state index >= 15 is 0 Å². The molecule has 0 aromatic heterocycles. The van der Waals surface area contributed by atoms with Crippen molar-refractivity contribution in [1.82, 2.24) is 0 Å². The van der Waals surface area contributed by atoms with Gasteiger partial charge in [-0.3, -0.25) is 0 Å². The summed E-state index contributed by atoms with van der Waals surface area (Å²) >= 11 is 0. The molecule has 4 heteroatoms. The Morgan fingerprint density at radius 2 is 2.36 bits per heavy atom. The fraction of sp³-hybridized carbons (Fsp3) is 0.857. The Kier molecular flexibility index (Phi) is 2.15. The van der Waals surface area contributed by atoms with Crippen molar-refractivity contribution < 1.29 is 14.6 Å². The van der Waals surface area contributed by atoms with Gasteiger partial charge >= 0.3 is 5.97 Å². The number of esters is 1. The first-order chi connectivity index (χ1) is 5.16. The van der Waals surface area contributed by atoms with Crippen LogP contribution in [0.15, 0.2) is 0 Å². The largest absolute Gasteiger partial charge is 0.467 e. The summed E-state index contributed by atoms with van der Waals surface area (Å²) in [5.74, 6) is -0.576. The van der Waals surface area contributed by atoms with E-state index in [1.165, 1.54) is 7.11 Å². The summed E-state index contributed by atoms with van der Waals surface area (Å²) in [6, 6.07) is 0. The summed E-state index contributed by atoms with van der Waals surface area (Å²) < 4.78 is 4.40. The SMILES string of the molecule is COC(=O)C(O)C1(CN)CC1. The molecule has 1 unspecified atom stereocenters. The highest BCUT2D eigenvalue weighted by Crippen LogP contribution is 2.47. The zero-order valence-corrected chi connectivity index (χ0v) is 6.54. The van der Waals surface area contributed by atoms with Gasteiger partial charge in [0.05, 0.1) is 7.11 Å². The predicted octanol–water partition coefficient (Wildman–Crippen LogP) is -0.741. The zero-order valence-electron chi connectivity index (χ0n) is 6.54. The third-order valence-corrected chi connectivity index (χ3v) is 2.30. The number of rotatable bonds is 3. The number of ether oxygens (including phenoxy) is 1. The first kappa shape index (κ1) is 8.49. The number of carbonyl (C=O) groups is 1. The number of aliphatic hydroxyl groups is 1. The minimum atomic E-state index is -1.03. The Morgan fingerprint density at radius 1 is 1.82 bits per heavy atom. The van der Waals surface area contributed by atoms with Crippen molar-refractivity contribution >= 4 is 5.97 Å².